The number of pyridine rings is 1. The van der Waals surface area contributed by atoms with Crippen LogP contribution in [0, 0.1) is 0 Å². The molecule has 2 rings (SSSR count). The van der Waals surface area contributed by atoms with E-state index in [-0.39, 0.29) is 5.91 Å². The van der Waals surface area contributed by atoms with Crippen LogP contribution in [0.25, 0.3) is 0 Å². The average molecular weight is 360 g/mol. The number of carbonyl (C=O) groups excluding carboxylic acids is 1. The molecule has 1 heterocycles. The Morgan fingerprint density at radius 2 is 2.05 bits per heavy atom. The lowest BCUT2D eigenvalue weighted by atomic mass is 10.2. The molecule has 0 saturated heterocycles. The standard InChI is InChI=1S/C13H9BrCl2N2O/c14-9-2-1-5-17-12(9)7-18-13(19)8-3-4-10(15)11(16)6-8/h1-6H,7H2,(H,18,19). The summed E-state index contributed by atoms with van der Waals surface area (Å²) in [5, 5.41) is 3.55. The van der Waals surface area contributed by atoms with Gasteiger partial charge in [0.1, 0.15) is 0 Å². The van der Waals surface area contributed by atoms with Crippen LogP contribution < -0.4 is 5.32 Å². The molecule has 0 aliphatic carbocycles. The van der Waals surface area contributed by atoms with Crippen LogP contribution in [0.15, 0.2) is 41.0 Å². The molecule has 0 atom stereocenters. The number of carbonyl (C=O) groups is 1. The third-order valence-corrected chi connectivity index (χ3v) is 3.89. The third kappa shape index (κ3) is 3.69. The van der Waals surface area contributed by atoms with E-state index in [0.29, 0.717) is 22.2 Å². The Kier molecular flexibility index (Phi) is 4.80. The number of nitrogens with zero attached hydrogens (tertiary/aromatic N) is 1. The highest BCUT2D eigenvalue weighted by molar-refractivity contribution is 9.10. The molecular weight excluding hydrogens is 351 g/mol. The third-order valence-electron chi connectivity index (χ3n) is 2.43. The first-order valence-corrected chi connectivity index (χ1v) is 6.95. The predicted molar refractivity (Wildman–Crippen MR) is 79.6 cm³/mol. The van der Waals surface area contributed by atoms with E-state index in [1.165, 1.54) is 6.07 Å². The van der Waals surface area contributed by atoms with Crippen molar-refractivity contribution >= 4 is 45.0 Å². The van der Waals surface area contributed by atoms with Crippen molar-refractivity contribution in [1.82, 2.24) is 10.3 Å². The molecular formula is C13H9BrCl2N2O. The van der Waals surface area contributed by atoms with Gasteiger partial charge in [-0.25, -0.2) is 0 Å². The fourth-order valence-electron chi connectivity index (χ4n) is 1.45. The number of aromatic nitrogens is 1. The van der Waals surface area contributed by atoms with Crippen LogP contribution in [0.1, 0.15) is 16.1 Å². The summed E-state index contributed by atoms with van der Waals surface area (Å²) in [5.41, 5.74) is 1.22. The van der Waals surface area contributed by atoms with Gasteiger partial charge in [0, 0.05) is 16.2 Å². The minimum absolute atomic E-state index is 0.226. The molecule has 2 aromatic rings. The van der Waals surface area contributed by atoms with Gasteiger partial charge >= 0.3 is 0 Å². The van der Waals surface area contributed by atoms with Gasteiger partial charge < -0.3 is 5.32 Å². The Hall–Kier alpha value is -1.10. The van der Waals surface area contributed by atoms with Gasteiger partial charge in [-0.2, -0.15) is 0 Å². The second-order valence-corrected chi connectivity index (χ2v) is 5.41. The second kappa shape index (κ2) is 6.37. The molecule has 0 aliphatic heterocycles. The zero-order valence-electron chi connectivity index (χ0n) is 9.66. The van der Waals surface area contributed by atoms with Crippen LogP contribution in [0.5, 0.6) is 0 Å². The van der Waals surface area contributed by atoms with Crippen molar-refractivity contribution in [2.75, 3.05) is 0 Å². The van der Waals surface area contributed by atoms with E-state index in [2.05, 4.69) is 26.2 Å². The van der Waals surface area contributed by atoms with Gasteiger partial charge in [-0.05, 0) is 46.3 Å². The number of halogens is 3. The van der Waals surface area contributed by atoms with Gasteiger partial charge in [-0.1, -0.05) is 23.2 Å². The van der Waals surface area contributed by atoms with Crippen LogP contribution in [-0.4, -0.2) is 10.9 Å². The zero-order valence-corrected chi connectivity index (χ0v) is 12.8. The minimum Gasteiger partial charge on any atom is -0.346 e. The zero-order chi connectivity index (χ0) is 13.8. The van der Waals surface area contributed by atoms with Crippen LogP contribution >= 0.6 is 39.1 Å². The van der Waals surface area contributed by atoms with Crippen molar-refractivity contribution in [2.45, 2.75) is 6.54 Å². The van der Waals surface area contributed by atoms with Gasteiger partial charge in [0.05, 0.1) is 22.3 Å². The molecule has 0 bridgehead atoms. The second-order valence-electron chi connectivity index (χ2n) is 3.74. The number of hydrogen-bond donors (Lipinski definition) is 1. The van der Waals surface area contributed by atoms with Crippen molar-refractivity contribution in [3.8, 4) is 0 Å². The number of rotatable bonds is 3. The summed E-state index contributed by atoms with van der Waals surface area (Å²) < 4.78 is 0.851. The van der Waals surface area contributed by atoms with Crippen LogP contribution in [0.4, 0.5) is 0 Å². The highest BCUT2D eigenvalue weighted by atomic mass is 79.9. The highest BCUT2D eigenvalue weighted by Gasteiger charge is 2.09. The average Bonchev–Trinajstić information content (AvgIpc) is 2.40. The van der Waals surface area contributed by atoms with Gasteiger partial charge in [0.25, 0.3) is 5.91 Å². The van der Waals surface area contributed by atoms with Crippen molar-refractivity contribution < 1.29 is 4.79 Å². The maximum atomic E-state index is 11.9. The number of nitrogens with one attached hydrogen (secondary N) is 1. The summed E-state index contributed by atoms with van der Waals surface area (Å²) >= 11 is 15.0. The molecule has 19 heavy (non-hydrogen) atoms. The quantitative estimate of drug-likeness (QED) is 0.897. The molecule has 0 saturated carbocycles. The first kappa shape index (κ1) is 14.3. The molecule has 0 radical (unpaired) electrons. The van der Waals surface area contributed by atoms with E-state index >= 15 is 0 Å². The molecule has 1 aromatic carbocycles. The largest absolute Gasteiger partial charge is 0.346 e. The molecule has 0 spiro atoms. The van der Waals surface area contributed by atoms with Crippen LogP contribution in [-0.2, 0) is 6.54 Å². The van der Waals surface area contributed by atoms with Crippen LogP contribution in [0.3, 0.4) is 0 Å². The lowest BCUT2D eigenvalue weighted by molar-refractivity contribution is 0.0950. The normalized spacial score (nSPS) is 10.3. The number of hydrogen-bond acceptors (Lipinski definition) is 2. The monoisotopic (exact) mass is 358 g/mol. The number of amides is 1. The molecule has 98 valence electrons. The molecule has 1 amide bonds. The summed E-state index contributed by atoms with van der Waals surface area (Å²) in [7, 11) is 0. The Bertz CT molecular complexity index is 619. The Labute approximate surface area is 129 Å². The lowest BCUT2D eigenvalue weighted by Gasteiger charge is -2.07. The van der Waals surface area contributed by atoms with Crippen LogP contribution in [0.2, 0.25) is 10.0 Å². The first-order valence-electron chi connectivity index (χ1n) is 5.40. The fourth-order valence-corrected chi connectivity index (χ4v) is 2.15. The van der Waals surface area contributed by atoms with Crippen molar-refractivity contribution in [2.24, 2.45) is 0 Å². The minimum atomic E-state index is -0.226. The summed E-state index contributed by atoms with van der Waals surface area (Å²) in [4.78, 5) is 16.1. The van der Waals surface area contributed by atoms with E-state index in [0.717, 1.165) is 10.2 Å². The van der Waals surface area contributed by atoms with Gasteiger partial charge in [0.2, 0.25) is 0 Å². The van der Waals surface area contributed by atoms with E-state index in [1.807, 2.05) is 12.1 Å². The molecule has 0 unspecified atom stereocenters. The molecule has 6 heteroatoms. The summed E-state index contributed by atoms with van der Waals surface area (Å²) in [6.45, 7) is 0.334. The SMILES string of the molecule is O=C(NCc1ncccc1Br)c1ccc(Cl)c(Cl)c1. The number of benzene rings is 1. The molecule has 0 aliphatic rings. The maximum Gasteiger partial charge on any atom is 0.251 e. The van der Waals surface area contributed by atoms with Crippen molar-refractivity contribution in [3.05, 3.63) is 62.3 Å². The molecule has 0 fully saturated rings. The lowest BCUT2D eigenvalue weighted by Crippen LogP contribution is -2.23. The van der Waals surface area contributed by atoms with Crippen molar-refractivity contribution in [1.29, 1.82) is 0 Å². The summed E-state index contributed by atoms with van der Waals surface area (Å²) in [6, 6.07) is 8.43. The van der Waals surface area contributed by atoms with E-state index in [9.17, 15) is 4.79 Å². The Morgan fingerprint density at radius 3 is 2.74 bits per heavy atom. The fraction of sp³-hybridized carbons (Fsp3) is 0.0769. The Morgan fingerprint density at radius 1 is 1.26 bits per heavy atom. The molecule has 3 nitrogen and oxygen atoms in total. The van der Waals surface area contributed by atoms with Gasteiger partial charge in [-0.3, -0.25) is 9.78 Å². The molecule has 1 aromatic heterocycles. The first-order chi connectivity index (χ1) is 9.08. The molecule has 1 N–H and O–H groups in total. The Balaban J connectivity index is 2.05. The van der Waals surface area contributed by atoms with Gasteiger partial charge in [-0.15, -0.1) is 0 Å². The maximum absolute atomic E-state index is 11.9. The summed E-state index contributed by atoms with van der Waals surface area (Å²) in [5.74, 6) is -0.226. The summed E-state index contributed by atoms with van der Waals surface area (Å²) in [6.07, 6.45) is 1.67. The van der Waals surface area contributed by atoms with Crippen molar-refractivity contribution in [3.63, 3.8) is 0 Å². The van der Waals surface area contributed by atoms with Gasteiger partial charge in [0.15, 0.2) is 0 Å². The van der Waals surface area contributed by atoms with E-state index < -0.39 is 0 Å². The van der Waals surface area contributed by atoms with E-state index in [4.69, 9.17) is 23.2 Å². The topological polar surface area (TPSA) is 42.0 Å². The smallest absolute Gasteiger partial charge is 0.251 e. The highest BCUT2D eigenvalue weighted by Crippen LogP contribution is 2.22. The predicted octanol–water partition coefficient (Wildman–Crippen LogP) is 4.08. The van der Waals surface area contributed by atoms with E-state index in [1.54, 1.807) is 18.3 Å².